The number of likely N-dealkylation sites (tertiary alicyclic amines) is 1. The third kappa shape index (κ3) is 4.19. The summed E-state index contributed by atoms with van der Waals surface area (Å²) in [7, 11) is 0. The Morgan fingerprint density at radius 3 is 2.83 bits per heavy atom. The lowest BCUT2D eigenvalue weighted by atomic mass is 9.92. The zero-order valence-electron chi connectivity index (χ0n) is 14.0. The van der Waals surface area contributed by atoms with E-state index in [1.54, 1.807) is 0 Å². The molecule has 0 radical (unpaired) electrons. The van der Waals surface area contributed by atoms with Gasteiger partial charge in [-0.3, -0.25) is 4.79 Å². The van der Waals surface area contributed by atoms with Gasteiger partial charge in [-0.05, 0) is 37.1 Å². The topological polar surface area (TPSA) is 55.6 Å². The molecule has 130 valence electrons. The number of carbonyl (C=O) groups is 1. The van der Waals surface area contributed by atoms with Gasteiger partial charge in [0.2, 0.25) is 0 Å². The highest BCUT2D eigenvalue weighted by molar-refractivity contribution is 5.88. The maximum Gasteiger partial charge on any atom is 0.260 e. The number of piperidine rings is 1. The lowest BCUT2D eigenvalue weighted by Gasteiger charge is -2.34. The number of nitrogens with zero attached hydrogens (tertiary/aromatic N) is 1. The molecule has 0 spiro atoms. The van der Waals surface area contributed by atoms with E-state index in [-0.39, 0.29) is 31.0 Å². The van der Waals surface area contributed by atoms with Crippen LogP contribution < -0.4 is 10.5 Å². The van der Waals surface area contributed by atoms with Crippen LogP contribution in [0, 0.1) is 5.92 Å². The van der Waals surface area contributed by atoms with Gasteiger partial charge < -0.3 is 15.4 Å². The Balaban J connectivity index is 0.00000208. The molecule has 0 saturated carbocycles. The number of halogens is 1. The first kappa shape index (κ1) is 18.6. The maximum absolute atomic E-state index is 12.4. The monoisotopic (exact) mass is 348 g/mol. The average Bonchev–Trinajstić information content (AvgIpc) is 2.59. The van der Waals surface area contributed by atoms with Crippen molar-refractivity contribution in [1.82, 2.24) is 4.90 Å². The summed E-state index contributed by atoms with van der Waals surface area (Å²) in [5.41, 5.74) is 5.99. The van der Waals surface area contributed by atoms with Crippen molar-refractivity contribution >= 4 is 29.1 Å². The summed E-state index contributed by atoms with van der Waals surface area (Å²) < 4.78 is 5.81. The summed E-state index contributed by atoms with van der Waals surface area (Å²) in [6.45, 7) is 3.65. The average molecular weight is 349 g/mol. The highest BCUT2D eigenvalue weighted by atomic mass is 35.5. The molecule has 1 aliphatic heterocycles. The lowest BCUT2D eigenvalue weighted by Crippen LogP contribution is -2.46. The first-order chi connectivity index (χ1) is 11.1. The number of hydrogen-bond acceptors (Lipinski definition) is 3. The largest absolute Gasteiger partial charge is 0.483 e. The van der Waals surface area contributed by atoms with Crippen molar-refractivity contribution < 1.29 is 9.53 Å². The molecule has 2 unspecified atom stereocenters. The second kappa shape index (κ2) is 8.36. The predicted molar refractivity (Wildman–Crippen MR) is 99.6 cm³/mol. The molecule has 4 nitrogen and oxygen atoms in total. The molecule has 0 bridgehead atoms. The van der Waals surface area contributed by atoms with Gasteiger partial charge in [0.25, 0.3) is 5.91 Å². The fourth-order valence-electron chi connectivity index (χ4n) is 3.22. The van der Waals surface area contributed by atoms with E-state index in [0.717, 1.165) is 42.5 Å². The summed E-state index contributed by atoms with van der Waals surface area (Å²) in [6.07, 6.45) is 2.12. The fraction of sp³-hybridized carbons (Fsp3) is 0.421. The molecule has 0 aromatic heterocycles. The normalized spacial score (nSPS) is 18.8. The van der Waals surface area contributed by atoms with Crippen LogP contribution in [-0.4, -0.2) is 36.5 Å². The number of fused-ring (bicyclic) bond motifs is 1. The molecule has 1 aliphatic rings. The smallest absolute Gasteiger partial charge is 0.260 e. The Kier molecular flexibility index (Phi) is 6.46. The van der Waals surface area contributed by atoms with E-state index >= 15 is 0 Å². The van der Waals surface area contributed by atoms with Crippen LogP contribution in [0.4, 0.5) is 0 Å². The first-order valence-electron chi connectivity index (χ1n) is 8.29. The molecule has 3 rings (SSSR count). The third-order valence-corrected chi connectivity index (χ3v) is 4.65. The van der Waals surface area contributed by atoms with Gasteiger partial charge in [-0.15, -0.1) is 12.4 Å². The van der Waals surface area contributed by atoms with Crippen LogP contribution >= 0.6 is 12.4 Å². The van der Waals surface area contributed by atoms with Crippen molar-refractivity contribution in [3.8, 4) is 5.75 Å². The second-order valence-corrected chi connectivity index (χ2v) is 6.37. The molecule has 1 amide bonds. The summed E-state index contributed by atoms with van der Waals surface area (Å²) in [4.78, 5) is 14.3. The molecule has 1 fully saturated rings. The minimum atomic E-state index is 0. The van der Waals surface area contributed by atoms with Crippen molar-refractivity contribution in [3.05, 3.63) is 42.5 Å². The van der Waals surface area contributed by atoms with E-state index in [4.69, 9.17) is 10.5 Å². The summed E-state index contributed by atoms with van der Waals surface area (Å²) >= 11 is 0. The summed E-state index contributed by atoms with van der Waals surface area (Å²) in [5.74, 6) is 1.20. The summed E-state index contributed by atoms with van der Waals surface area (Å²) in [6, 6.07) is 14.1. The van der Waals surface area contributed by atoms with E-state index in [1.165, 1.54) is 0 Å². The SMILES string of the molecule is CC(N)C1CCCN(C(=O)COc2cccc3ccccc23)C1.Cl. The van der Waals surface area contributed by atoms with Crippen LogP contribution in [0.3, 0.4) is 0 Å². The molecule has 24 heavy (non-hydrogen) atoms. The Bertz CT molecular complexity index is 685. The molecule has 1 heterocycles. The molecule has 1 saturated heterocycles. The highest BCUT2D eigenvalue weighted by Crippen LogP contribution is 2.25. The van der Waals surface area contributed by atoms with Gasteiger partial charge in [-0.1, -0.05) is 36.4 Å². The third-order valence-electron chi connectivity index (χ3n) is 4.65. The van der Waals surface area contributed by atoms with Crippen molar-refractivity contribution in [3.63, 3.8) is 0 Å². The fourth-order valence-corrected chi connectivity index (χ4v) is 3.22. The number of carbonyl (C=O) groups excluding carboxylic acids is 1. The van der Waals surface area contributed by atoms with Gasteiger partial charge in [0.15, 0.2) is 6.61 Å². The van der Waals surface area contributed by atoms with Gasteiger partial charge in [0.05, 0.1) is 0 Å². The van der Waals surface area contributed by atoms with Crippen molar-refractivity contribution in [2.45, 2.75) is 25.8 Å². The van der Waals surface area contributed by atoms with Crippen LogP contribution in [0.15, 0.2) is 42.5 Å². The minimum absolute atomic E-state index is 0. The van der Waals surface area contributed by atoms with Crippen LogP contribution in [0.25, 0.3) is 10.8 Å². The number of nitrogens with two attached hydrogens (primary N) is 1. The van der Waals surface area contributed by atoms with E-state index in [9.17, 15) is 4.79 Å². The predicted octanol–water partition coefficient (Wildman–Crippen LogP) is 3.23. The number of amides is 1. The van der Waals surface area contributed by atoms with Gasteiger partial charge in [0, 0.05) is 24.5 Å². The molecule has 2 aromatic carbocycles. The molecule has 2 atom stereocenters. The summed E-state index contributed by atoms with van der Waals surface area (Å²) in [5, 5.41) is 2.15. The minimum Gasteiger partial charge on any atom is -0.483 e. The van der Waals surface area contributed by atoms with E-state index in [0.29, 0.717) is 5.92 Å². The Morgan fingerprint density at radius 1 is 1.29 bits per heavy atom. The molecule has 5 heteroatoms. The van der Waals surface area contributed by atoms with Crippen LogP contribution in [0.5, 0.6) is 5.75 Å². The van der Waals surface area contributed by atoms with Gasteiger partial charge in [0.1, 0.15) is 5.75 Å². The van der Waals surface area contributed by atoms with Gasteiger partial charge in [-0.2, -0.15) is 0 Å². The zero-order valence-corrected chi connectivity index (χ0v) is 14.8. The first-order valence-corrected chi connectivity index (χ1v) is 8.29. The molecular weight excluding hydrogens is 324 g/mol. The van der Waals surface area contributed by atoms with E-state index in [2.05, 4.69) is 0 Å². The lowest BCUT2D eigenvalue weighted by molar-refractivity contribution is -0.135. The number of hydrogen-bond donors (Lipinski definition) is 1. The van der Waals surface area contributed by atoms with Gasteiger partial charge in [-0.25, -0.2) is 0 Å². The Morgan fingerprint density at radius 2 is 2.04 bits per heavy atom. The molecule has 2 N–H and O–H groups in total. The molecular formula is C19H25ClN2O2. The standard InChI is InChI=1S/C19H24N2O2.ClH/c1-14(20)16-8-5-11-21(12-16)19(22)13-23-18-10-4-7-15-6-2-3-9-17(15)18;/h2-4,6-7,9-10,14,16H,5,8,11-13,20H2,1H3;1H. The van der Waals surface area contributed by atoms with E-state index in [1.807, 2.05) is 54.3 Å². The van der Waals surface area contributed by atoms with Crippen LogP contribution in [-0.2, 0) is 4.79 Å². The quantitative estimate of drug-likeness (QED) is 0.922. The van der Waals surface area contributed by atoms with E-state index < -0.39 is 0 Å². The molecule has 2 aromatic rings. The number of ether oxygens (including phenoxy) is 1. The zero-order chi connectivity index (χ0) is 16.2. The Labute approximate surface area is 149 Å². The second-order valence-electron chi connectivity index (χ2n) is 6.37. The highest BCUT2D eigenvalue weighted by Gasteiger charge is 2.26. The molecule has 0 aliphatic carbocycles. The van der Waals surface area contributed by atoms with Crippen molar-refractivity contribution in [1.29, 1.82) is 0 Å². The number of benzene rings is 2. The van der Waals surface area contributed by atoms with Gasteiger partial charge >= 0.3 is 0 Å². The van der Waals surface area contributed by atoms with Crippen molar-refractivity contribution in [2.75, 3.05) is 19.7 Å². The maximum atomic E-state index is 12.4. The van der Waals surface area contributed by atoms with Crippen molar-refractivity contribution in [2.24, 2.45) is 11.7 Å². The Hall–Kier alpha value is -1.78. The van der Waals surface area contributed by atoms with Crippen LogP contribution in [0.2, 0.25) is 0 Å². The van der Waals surface area contributed by atoms with Crippen LogP contribution in [0.1, 0.15) is 19.8 Å². The number of rotatable bonds is 4.